The van der Waals surface area contributed by atoms with Crippen LogP contribution in [0.1, 0.15) is 39.8 Å². The summed E-state index contributed by atoms with van der Waals surface area (Å²) in [7, 11) is 1.65. The van der Waals surface area contributed by atoms with E-state index >= 15 is 0 Å². The fourth-order valence-corrected chi connectivity index (χ4v) is 5.12. The van der Waals surface area contributed by atoms with E-state index in [1.807, 2.05) is 48.2 Å². The van der Waals surface area contributed by atoms with Gasteiger partial charge in [0.2, 0.25) is 5.91 Å². The lowest BCUT2D eigenvalue weighted by atomic mass is 9.93. The molecule has 0 aliphatic carbocycles. The molecule has 8 nitrogen and oxygen atoms in total. The Hall–Kier alpha value is -4.04. The predicted molar refractivity (Wildman–Crippen MR) is 138 cm³/mol. The van der Waals surface area contributed by atoms with E-state index in [9.17, 15) is 9.59 Å². The number of rotatable bonds is 6. The van der Waals surface area contributed by atoms with Gasteiger partial charge in [0.1, 0.15) is 11.3 Å². The molecule has 1 aliphatic heterocycles. The molecule has 2 aromatic heterocycles. The highest BCUT2D eigenvalue weighted by Crippen LogP contribution is 2.33. The molecule has 184 valence electrons. The number of nitrogens with one attached hydrogen (secondary N) is 2. The maximum atomic E-state index is 13.7. The Bertz CT molecular complexity index is 1310. The van der Waals surface area contributed by atoms with Crippen LogP contribution in [-0.4, -0.2) is 69.3 Å². The third-order valence-electron chi connectivity index (χ3n) is 6.82. The molecule has 5 rings (SSSR count). The van der Waals surface area contributed by atoms with Gasteiger partial charge >= 0.3 is 0 Å². The maximum absolute atomic E-state index is 13.7. The summed E-state index contributed by atoms with van der Waals surface area (Å²) in [5, 5.41) is 2.76. The summed E-state index contributed by atoms with van der Waals surface area (Å²) in [5.74, 6) is 0.575. The molecule has 1 fully saturated rings. The van der Waals surface area contributed by atoms with Crippen LogP contribution in [0.5, 0.6) is 0 Å². The molecule has 2 aromatic carbocycles. The minimum atomic E-state index is -0.166. The second kappa shape index (κ2) is 10.3. The summed E-state index contributed by atoms with van der Waals surface area (Å²) in [4.78, 5) is 42.3. The number of aryl methyl sites for hydroxylation is 1. The van der Waals surface area contributed by atoms with Crippen LogP contribution in [0.3, 0.4) is 0 Å². The summed E-state index contributed by atoms with van der Waals surface area (Å²) in [5.41, 5.74) is 4.17. The number of carbonyl (C=O) groups is 2. The lowest BCUT2D eigenvalue weighted by Gasteiger charge is -2.45. The van der Waals surface area contributed by atoms with Crippen LogP contribution < -0.4 is 5.32 Å². The van der Waals surface area contributed by atoms with Gasteiger partial charge in [-0.3, -0.25) is 19.5 Å². The van der Waals surface area contributed by atoms with Crippen molar-refractivity contribution < 1.29 is 9.59 Å². The first kappa shape index (κ1) is 23.7. The number of H-pyrrole nitrogens is 1. The van der Waals surface area contributed by atoms with Crippen molar-refractivity contribution in [2.24, 2.45) is 0 Å². The number of amides is 2. The molecule has 0 spiro atoms. The quantitative estimate of drug-likeness (QED) is 0.440. The molecule has 0 radical (unpaired) electrons. The van der Waals surface area contributed by atoms with Gasteiger partial charge in [0.05, 0.1) is 23.3 Å². The number of hydrogen-bond donors (Lipinski definition) is 2. The number of carbonyl (C=O) groups excluding carboxylic acids is 2. The van der Waals surface area contributed by atoms with Crippen molar-refractivity contribution in [3.05, 3.63) is 95.6 Å². The van der Waals surface area contributed by atoms with Crippen LogP contribution in [0.4, 0.5) is 0 Å². The van der Waals surface area contributed by atoms with Crippen LogP contribution in [0.15, 0.2) is 73.1 Å². The van der Waals surface area contributed by atoms with E-state index in [-0.39, 0.29) is 23.9 Å². The van der Waals surface area contributed by atoms with Crippen LogP contribution >= 0.6 is 0 Å². The van der Waals surface area contributed by atoms with E-state index in [1.165, 1.54) is 0 Å². The molecule has 1 aliphatic rings. The number of imidazole rings is 1. The Labute approximate surface area is 210 Å². The highest BCUT2D eigenvalue weighted by molar-refractivity contribution is 6.04. The fraction of sp³-hybridized carbons (Fsp3) is 0.286. The van der Waals surface area contributed by atoms with Crippen LogP contribution in [0.25, 0.3) is 11.0 Å². The Kier molecular flexibility index (Phi) is 6.77. The second-order valence-corrected chi connectivity index (χ2v) is 9.15. The molecule has 0 bridgehead atoms. The standard InChI is InChI=1S/C28H30N6O2/c1-19-31-24-17-30-16-23(26(24)32-19)28(36)33-13-14-34(22(18-33)15-25(35)29-2)27(20-9-5-3-6-10-20)21-11-7-4-8-12-21/h3-12,16-17,22,27H,13-15,18H2,1-2H3,(H,29,35)(H,31,32)/t22-/m1/s1. The summed E-state index contributed by atoms with van der Waals surface area (Å²) in [6.07, 6.45) is 3.56. The predicted octanol–water partition coefficient (Wildman–Crippen LogP) is 3.32. The molecular weight excluding hydrogens is 452 g/mol. The molecule has 1 atom stereocenters. The van der Waals surface area contributed by atoms with Gasteiger partial charge in [-0.1, -0.05) is 60.7 Å². The van der Waals surface area contributed by atoms with Gasteiger partial charge in [-0.05, 0) is 18.1 Å². The minimum absolute atomic E-state index is 0.0293. The van der Waals surface area contributed by atoms with Crippen molar-refractivity contribution in [2.75, 3.05) is 26.7 Å². The van der Waals surface area contributed by atoms with E-state index in [1.54, 1.807) is 19.4 Å². The molecule has 8 heteroatoms. The number of piperazine rings is 1. The third-order valence-corrected chi connectivity index (χ3v) is 6.82. The number of aromatic nitrogens is 3. The lowest BCUT2D eigenvalue weighted by Crippen LogP contribution is -2.56. The van der Waals surface area contributed by atoms with Crippen LogP contribution in [0, 0.1) is 6.92 Å². The van der Waals surface area contributed by atoms with Crippen LogP contribution in [0.2, 0.25) is 0 Å². The van der Waals surface area contributed by atoms with Crippen molar-refractivity contribution >= 4 is 22.8 Å². The number of fused-ring (bicyclic) bond motifs is 1. The van der Waals surface area contributed by atoms with Gasteiger partial charge < -0.3 is 15.2 Å². The number of nitrogens with zero attached hydrogens (tertiary/aromatic N) is 4. The van der Waals surface area contributed by atoms with Gasteiger partial charge in [-0.2, -0.15) is 0 Å². The Morgan fingerprint density at radius 3 is 2.33 bits per heavy atom. The van der Waals surface area contributed by atoms with Crippen LogP contribution in [-0.2, 0) is 4.79 Å². The Morgan fingerprint density at radius 1 is 1.03 bits per heavy atom. The largest absolute Gasteiger partial charge is 0.359 e. The van der Waals surface area contributed by atoms with E-state index in [0.29, 0.717) is 37.1 Å². The van der Waals surface area contributed by atoms with Gasteiger partial charge in [-0.15, -0.1) is 0 Å². The number of benzene rings is 2. The zero-order valence-corrected chi connectivity index (χ0v) is 20.5. The maximum Gasteiger partial charge on any atom is 0.257 e. The van der Waals surface area contributed by atoms with E-state index in [2.05, 4.69) is 49.4 Å². The van der Waals surface area contributed by atoms with E-state index in [0.717, 1.165) is 22.5 Å². The van der Waals surface area contributed by atoms with Crippen molar-refractivity contribution in [2.45, 2.75) is 25.4 Å². The SMILES string of the molecule is CNC(=O)C[C@@H]1CN(C(=O)c2cncc3[nH]c(C)nc23)CCN1C(c1ccccc1)c1ccccc1. The number of pyridine rings is 1. The first-order valence-electron chi connectivity index (χ1n) is 12.2. The van der Waals surface area contributed by atoms with Gasteiger partial charge in [0.15, 0.2) is 0 Å². The first-order valence-corrected chi connectivity index (χ1v) is 12.2. The number of hydrogen-bond acceptors (Lipinski definition) is 5. The summed E-state index contributed by atoms with van der Waals surface area (Å²) in [6, 6.07) is 20.5. The van der Waals surface area contributed by atoms with Crippen molar-refractivity contribution in [1.82, 2.24) is 30.1 Å². The summed E-state index contributed by atoms with van der Waals surface area (Å²) < 4.78 is 0. The molecule has 3 heterocycles. The summed E-state index contributed by atoms with van der Waals surface area (Å²) >= 11 is 0. The average Bonchev–Trinajstić information content (AvgIpc) is 3.30. The lowest BCUT2D eigenvalue weighted by molar-refractivity contribution is -0.122. The molecule has 4 aromatic rings. The minimum Gasteiger partial charge on any atom is -0.359 e. The van der Waals surface area contributed by atoms with Gasteiger partial charge in [0.25, 0.3) is 5.91 Å². The molecule has 2 amide bonds. The number of aromatic amines is 1. The Balaban J connectivity index is 1.48. The molecule has 2 N–H and O–H groups in total. The average molecular weight is 483 g/mol. The monoisotopic (exact) mass is 482 g/mol. The van der Waals surface area contributed by atoms with Gasteiger partial charge in [0, 0.05) is 45.3 Å². The molecule has 36 heavy (non-hydrogen) atoms. The smallest absolute Gasteiger partial charge is 0.257 e. The Morgan fingerprint density at radius 2 is 1.69 bits per heavy atom. The second-order valence-electron chi connectivity index (χ2n) is 9.15. The zero-order valence-electron chi connectivity index (χ0n) is 20.5. The molecular formula is C28H30N6O2. The molecule has 1 saturated heterocycles. The molecule has 0 unspecified atom stereocenters. The topological polar surface area (TPSA) is 94.2 Å². The van der Waals surface area contributed by atoms with Crippen molar-refractivity contribution in [3.63, 3.8) is 0 Å². The first-order chi connectivity index (χ1) is 17.5. The fourth-order valence-electron chi connectivity index (χ4n) is 5.12. The zero-order chi connectivity index (χ0) is 25.1. The summed E-state index contributed by atoms with van der Waals surface area (Å²) in [6.45, 7) is 3.46. The highest BCUT2D eigenvalue weighted by Gasteiger charge is 2.37. The van der Waals surface area contributed by atoms with E-state index < -0.39 is 0 Å². The van der Waals surface area contributed by atoms with E-state index in [4.69, 9.17) is 0 Å². The van der Waals surface area contributed by atoms with Crippen molar-refractivity contribution in [3.8, 4) is 0 Å². The van der Waals surface area contributed by atoms with Gasteiger partial charge in [-0.25, -0.2) is 4.98 Å². The third kappa shape index (κ3) is 4.72. The molecule has 0 saturated carbocycles. The normalized spacial score (nSPS) is 16.4. The highest BCUT2D eigenvalue weighted by atomic mass is 16.2. The van der Waals surface area contributed by atoms with Crippen molar-refractivity contribution in [1.29, 1.82) is 0 Å².